The zero-order chi connectivity index (χ0) is 15.1. The van der Waals surface area contributed by atoms with Gasteiger partial charge in [-0.3, -0.25) is 0 Å². The molecule has 22 heavy (non-hydrogen) atoms. The summed E-state index contributed by atoms with van der Waals surface area (Å²) in [7, 11) is 0. The lowest BCUT2D eigenvalue weighted by Crippen LogP contribution is -2.49. The minimum Gasteiger partial charge on any atom is -0.378 e. The van der Waals surface area contributed by atoms with E-state index in [1.165, 1.54) is 16.8 Å². The fraction of sp³-hybridized carbons (Fsp3) is 0.500. The zero-order valence-electron chi connectivity index (χ0n) is 11.9. The molecule has 0 bridgehead atoms. The standard InChI is InChI=1S/C14H15ClN4O2S/c15-12-11-9-1-2-19(14(20)18-3-5-21-6-4-18)7-10(9)22-13(11)17-8-16-12/h8H,1-7H2. The fourth-order valence-corrected chi connectivity index (χ4v) is 4.51. The number of urea groups is 1. The summed E-state index contributed by atoms with van der Waals surface area (Å²) < 4.78 is 5.31. The molecule has 6 nitrogen and oxygen atoms in total. The van der Waals surface area contributed by atoms with E-state index in [1.54, 1.807) is 11.3 Å². The lowest BCUT2D eigenvalue weighted by Gasteiger charge is -2.34. The number of ether oxygens (including phenoxy) is 1. The van der Waals surface area contributed by atoms with Crippen molar-refractivity contribution in [1.82, 2.24) is 19.8 Å². The van der Waals surface area contributed by atoms with Crippen molar-refractivity contribution >= 4 is 39.2 Å². The third-order valence-corrected chi connectivity index (χ3v) is 5.55. The summed E-state index contributed by atoms with van der Waals surface area (Å²) in [5, 5.41) is 1.47. The minimum absolute atomic E-state index is 0.101. The SMILES string of the molecule is O=C(N1CCOCC1)N1CCc2c(sc3ncnc(Cl)c23)C1. The first-order valence-corrected chi connectivity index (χ1v) is 8.46. The Bertz CT molecular complexity index is 729. The summed E-state index contributed by atoms with van der Waals surface area (Å²) in [6.45, 7) is 3.93. The molecule has 2 amide bonds. The summed E-state index contributed by atoms with van der Waals surface area (Å²) in [5.41, 5.74) is 1.21. The van der Waals surface area contributed by atoms with Crippen molar-refractivity contribution in [3.8, 4) is 0 Å². The molecule has 4 heterocycles. The molecule has 0 saturated carbocycles. The predicted octanol–water partition coefficient (Wildman–Crippen LogP) is 2.16. The van der Waals surface area contributed by atoms with E-state index >= 15 is 0 Å². The molecule has 0 spiro atoms. The quantitative estimate of drug-likeness (QED) is 0.691. The highest BCUT2D eigenvalue weighted by Gasteiger charge is 2.29. The van der Waals surface area contributed by atoms with Crippen LogP contribution in [0.4, 0.5) is 4.79 Å². The third-order valence-electron chi connectivity index (χ3n) is 4.14. The van der Waals surface area contributed by atoms with Crippen molar-refractivity contribution in [2.24, 2.45) is 0 Å². The van der Waals surface area contributed by atoms with E-state index in [0.29, 0.717) is 44.5 Å². The molecule has 0 radical (unpaired) electrons. The number of nitrogens with zero attached hydrogens (tertiary/aromatic N) is 4. The van der Waals surface area contributed by atoms with Crippen LogP contribution in [0.1, 0.15) is 10.4 Å². The molecule has 1 fully saturated rings. The van der Waals surface area contributed by atoms with Gasteiger partial charge in [-0.25, -0.2) is 14.8 Å². The number of halogens is 1. The smallest absolute Gasteiger partial charge is 0.320 e. The van der Waals surface area contributed by atoms with Crippen molar-refractivity contribution in [3.63, 3.8) is 0 Å². The van der Waals surface area contributed by atoms with Gasteiger partial charge in [0.1, 0.15) is 16.3 Å². The van der Waals surface area contributed by atoms with E-state index in [-0.39, 0.29) is 6.03 Å². The third kappa shape index (κ3) is 2.33. The van der Waals surface area contributed by atoms with Crippen molar-refractivity contribution in [3.05, 3.63) is 21.9 Å². The first-order chi connectivity index (χ1) is 10.7. The van der Waals surface area contributed by atoms with Crippen LogP contribution in [0.2, 0.25) is 5.15 Å². The van der Waals surface area contributed by atoms with Crippen LogP contribution in [0.15, 0.2) is 6.33 Å². The molecule has 0 unspecified atom stereocenters. The van der Waals surface area contributed by atoms with E-state index in [2.05, 4.69) is 9.97 Å². The van der Waals surface area contributed by atoms with Crippen LogP contribution in [0, 0.1) is 0 Å². The summed E-state index contributed by atoms with van der Waals surface area (Å²) in [6.07, 6.45) is 2.29. The van der Waals surface area contributed by atoms with Crippen LogP contribution in [-0.4, -0.2) is 58.6 Å². The van der Waals surface area contributed by atoms with Crippen LogP contribution < -0.4 is 0 Å². The Kier molecular flexibility index (Phi) is 3.63. The van der Waals surface area contributed by atoms with Crippen LogP contribution in [0.5, 0.6) is 0 Å². The molecular weight excluding hydrogens is 324 g/mol. The largest absolute Gasteiger partial charge is 0.378 e. The van der Waals surface area contributed by atoms with Crippen molar-refractivity contribution in [1.29, 1.82) is 0 Å². The van der Waals surface area contributed by atoms with Crippen LogP contribution in [-0.2, 0) is 17.7 Å². The van der Waals surface area contributed by atoms with Gasteiger partial charge in [0, 0.05) is 24.5 Å². The van der Waals surface area contributed by atoms with E-state index in [1.807, 2.05) is 9.80 Å². The van der Waals surface area contributed by atoms with E-state index in [0.717, 1.165) is 16.6 Å². The number of fused-ring (bicyclic) bond motifs is 3. The molecule has 0 atom stereocenters. The van der Waals surface area contributed by atoms with E-state index in [4.69, 9.17) is 16.3 Å². The Morgan fingerprint density at radius 3 is 2.86 bits per heavy atom. The molecule has 8 heteroatoms. The number of rotatable bonds is 0. The van der Waals surface area contributed by atoms with Crippen molar-refractivity contribution in [2.45, 2.75) is 13.0 Å². The second-order valence-electron chi connectivity index (χ2n) is 5.40. The highest BCUT2D eigenvalue weighted by molar-refractivity contribution is 7.19. The Balaban J connectivity index is 1.60. The van der Waals surface area contributed by atoms with E-state index in [9.17, 15) is 4.79 Å². The molecule has 0 aliphatic carbocycles. The van der Waals surface area contributed by atoms with Gasteiger partial charge < -0.3 is 14.5 Å². The average Bonchev–Trinajstić information content (AvgIpc) is 2.93. The first kappa shape index (κ1) is 14.2. The number of carbonyl (C=O) groups is 1. The number of thiophene rings is 1. The predicted molar refractivity (Wildman–Crippen MR) is 84.3 cm³/mol. The Morgan fingerprint density at radius 2 is 2.05 bits per heavy atom. The van der Waals surface area contributed by atoms with E-state index < -0.39 is 0 Å². The maximum Gasteiger partial charge on any atom is 0.320 e. The lowest BCUT2D eigenvalue weighted by molar-refractivity contribution is 0.0423. The molecule has 0 N–H and O–H groups in total. The Labute approximate surface area is 136 Å². The lowest BCUT2D eigenvalue weighted by atomic mass is 10.1. The molecule has 2 aromatic rings. The number of amides is 2. The number of morpholine rings is 1. The molecule has 116 valence electrons. The van der Waals surface area contributed by atoms with Gasteiger partial charge >= 0.3 is 6.03 Å². The molecule has 2 aliphatic rings. The highest BCUT2D eigenvalue weighted by atomic mass is 35.5. The number of carbonyl (C=O) groups excluding carboxylic acids is 1. The molecular formula is C14H15ClN4O2S. The summed E-state index contributed by atoms with van der Waals surface area (Å²) >= 11 is 7.82. The van der Waals surface area contributed by atoms with Gasteiger partial charge in [-0.05, 0) is 12.0 Å². The second-order valence-corrected chi connectivity index (χ2v) is 6.84. The summed E-state index contributed by atoms with van der Waals surface area (Å²) in [6, 6.07) is 0.101. The van der Waals surface area contributed by atoms with Gasteiger partial charge in [0.2, 0.25) is 0 Å². The van der Waals surface area contributed by atoms with Gasteiger partial charge in [0.25, 0.3) is 0 Å². The highest BCUT2D eigenvalue weighted by Crippen LogP contribution is 2.37. The number of aromatic nitrogens is 2. The molecule has 0 aromatic carbocycles. The summed E-state index contributed by atoms with van der Waals surface area (Å²) in [4.78, 5) is 26.8. The van der Waals surface area contributed by atoms with Gasteiger partial charge in [0.15, 0.2) is 0 Å². The molecule has 4 rings (SSSR count). The van der Waals surface area contributed by atoms with Crippen LogP contribution in [0.25, 0.3) is 10.2 Å². The summed E-state index contributed by atoms with van der Waals surface area (Å²) in [5.74, 6) is 0. The van der Waals surface area contributed by atoms with Crippen LogP contribution in [0.3, 0.4) is 0 Å². The maximum atomic E-state index is 12.6. The molecule has 2 aromatic heterocycles. The number of hydrogen-bond acceptors (Lipinski definition) is 5. The normalized spacial score (nSPS) is 18.6. The van der Waals surface area contributed by atoms with Crippen LogP contribution >= 0.6 is 22.9 Å². The first-order valence-electron chi connectivity index (χ1n) is 7.26. The zero-order valence-corrected chi connectivity index (χ0v) is 13.5. The van der Waals surface area contributed by atoms with Gasteiger partial charge in [-0.2, -0.15) is 0 Å². The fourth-order valence-electron chi connectivity index (χ4n) is 3.01. The maximum absolute atomic E-state index is 12.6. The van der Waals surface area contributed by atoms with Gasteiger partial charge in [-0.1, -0.05) is 11.6 Å². The van der Waals surface area contributed by atoms with Crippen molar-refractivity contribution < 1.29 is 9.53 Å². The Hall–Kier alpha value is -1.44. The monoisotopic (exact) mass is 338 g/mol. The van der Waals surface area contributed by atoms with Crippen molar-refractivity contribution in [2.75, 3.05) is 32.8 Å². The number of hydrogen-bond donors (Lipinski definition) is 0. The second kappa shape index (κ2) is 5.64. The molecule has 1 saturated heterocycles. The topological polar surface area (TPSA) is 58.6 Å². The average molecular weight is 339 g/mol. The molecule has 2 aliphatic heterocycles. The van der Waals surface area contributed by atoms with Gasteiger partial charge in [0.05, 0.1) is 25.1 Å². The Morgan fingerprint density at radius 1 is 1.23 bits per heavy atom. The minimum atomic E-state index is 0.101. The van der Waals surface area contributed by atoms with Gasteiger partial charge in [-0.15, -0.1) is 11.3 Å².